The summed E-state index contributed by atoms with van der Waals surface area (Å²) in [6.45, 7) is 6.46. The van der Waals surface area contributed by atoms with Gasteiger partial charge in [-0.15, -0.1) is 0 Å². The van der Waals surface area contributed by atoms with E-state index in [2.05, 4.69) is 4.98 Å². The first kappa shape index (κ1) is 17.1. The Morgan fingerprint density at radius 2 is 1.88 bits per heavy atom. The number of benzene rings is 2. The molecule has 0 fully saturated rings. The average Bonchev–Trinajstić information content (AvgIpc) is 3.05. The van der Waals surface area contributed by atoms with Gasteiger partial charge in [0.15, 0.2) is 0 Å². The molecule has 1 heterocycles. The third-order valence-electron chi connectivity index (χ3n) is 4.36. The summed E-state index contributed by atoms with van der Waals surface area (Å²) in [5.41, 5.74) is 2.26. The highest BCUT2D eigenvalue weighted by atomic mass is 16.5. The zero-order chi connectivity index (χ0) is 17.9. The summed E-state index contributed by atoms with van der Waals surface area (Å²) in [5.74, 6) is 0.545. The molecule has 0 aliphatic rings. The predicted molar refractivity (Wildman–Crippen MR) is 98.7 cm³/mol. The van der Waals surface area contributed by atoms with Gasteiger partial charge in [0.1, 0.15) is 12.4 Å². The Morgan fingerprint density at radius 1 is 1.12 bits per heavy atom. The Labute approximate surface area is 147 Å². The average molecular weight is 337 g/mol. The molecule has 0 spiro atoms. The SMILES string of the molecule is CCOC(=O)C(C)(C)c1c[nH]c2ccc(OCc3ccccc3)cc12. The molecule has 2 aromatic carbocycles. The fourth-order valence-corrected chi connectivity index (χ4v) is 2.87. The Balaban J connectivity index is 1.88. The van der Waals surface area contributed by atoms with Crippen LogP contribution in [0.5, 0.6) is 5.75 Å². The van der Waals surface area contributed by atoms with Crippen molar-refractivity contribution < 1.29 is 14.3 Å². The van der Waals surface area contributed by atoms with Gasteiger partial charge < -0.3 is 14.5 Å². The van der Waals surface area contributed by atoms with E-state index >= 15 is 0 Å². The lowest BCUT2D eigenvalue weighted by molar-refractivity contribution is -0.148. The molecule has 0 bridgehead atoms. The van der Waals surface area contributed by atoms with Gasteiger partial charge in [-0.3, -0.25) is 4.79 Å². The number of aromatic nitrogens is 1. The van der Waals surface area contributed by atoms with Crippen molar-refractivity contribution in [3.8, 4) is 5.75 Å². The van der Waals surface area contributed by atoms with Crippen molar-refractivity contribution in [1.82, 2.24) is 4.98 Å². The van der Waals surface area contributed by atoms with E-state index in [0.717, 1.165) is 27.8 Å². The maximum Gasteiger partial charge on any atom is 0.316 e. The summed E-state index contributed by atoms with van der Waals surface area (Å²) >= 11 is 0. The van der Waals surface area contributed by atoms with Gasteiger partial charge in [0, 0.05) is 17.1 Å². The fourth-order valence-electron chi connectivity index (χ4n) is 2.87. The van der Waals surface area contributed by atoms with Crippen LogP contribution in [-0.4, -0.2) is 17.6 Å². The highest BCUT2D eigenvalue weighted by Gasteiger charge is 2.33. The number of H-pyrrole nitrogens is 1. The molecule has 1 N–H and O–H groups in total. The molecule has 4 nitrogen and oxygen atoms in total. The summed E-state index contributed by atoms with van der Waals surface area (Å²) in [5, 5.41) is 0.976. The molecule has 25 heavy (non-hydrogen) atoms. The molecule has 1 aromatic heterocycles. The maximum atomic E-state index is 12.3. The highest BCUT2D eigenvalue weighted by Crippen LogP contribution is 2.33. The van der Waals surface area contributed by atoms with Crippen LogP contribution < -0.4 is 4.74 Å². The number of rotatable bonds is 6. The van der Waals surface area contributed by atoms with Crippen molar-refractivity contribution in [3.63, 3.8) is 0 Å². The molecule has 3 aromatic rings. The zero-order valence-electron chi connectivity index (χ0n) is 14.8. The second-order valence-corrected chi connectivity index (χ2v) is 6.53. The van der Waals surface area contributed by atoms with Crippen molar-refractivity contribution in [3.05, 3.63) is 65.9 Å². The summed E-state index contributed by atoms with van der Waals surface area (Å²) in [4.78, 5) is 15.6. The van der Waals surface area contributed by atoms with E-state index in [1.165, 1.54) is 0 Å². The van der Waals surface area contributed by atoms with Gasteiger partial charge in [-0.05, 0) is 50.1 Å². The molecule has 4 heteroatoms. The van der Waals surface area contributed by atoms with Crippen LogP contribution in [0.1, 0.15) is 31.9 Å². The maximum absolute atomic E-state index is 12.3. The summed E-state index contributed by atoms with van der Waals surface area (Å²) in [7, 11) is 0. The van der Waals surface area contributed by atoms with Gasteiger partial charge >= 0.3 is 5.97 Å². The number of fused-ring (bicyclic) bond motifs is 1. The largest absolute Gasteiger partial charge is 0.489 e. The van der Waals surface area contributed by atoms with E-state index in [1.54, 1.807) is 0 Å². The Hall–Kier alpha value is -2.75. The molecule has 0 saturated carbocycles. The van der Waals surface area contributed by atoms with E-state index < -0.39 is 5.41 Å². The minimum atomic E-state index is -0.730. The molecule has 0 saturated heterocycles. The van der Waals surface area contributed by atoms with Crippen LogP contribution in [0.2, 0.25) is 0 Å². The van der Waals surface area contributed by atoms with Crippen molar-refractivity contribution in [2.75, 3.05) is 6.61 Å². The van der Waals surface area contributed by atoms with Crippen molar-refractivity contribution >= 4 is 16.9 Å². The van der Waals surface area contributed by atoms with Crippen LogP contribution in [0.25, 0.3) is 10.9 Å². The van der Waals surface area contributed by atoms with E-state index in [9.17, 15) is 4.79 Å². The van der Waals surface area contributed by atoms with Crippen LogP contribution in [0.4, 0.5) is 0 Å². The quantitative estimate of drug-likeness (QED) is 0.669. The molecular weight excluding hydrogens is 314 g/mol. The lowest BCUT2D eigenvalue weighted by Crippen LogP contribution is -2.30. The van der Waals surface area contributed by atoms with Gasteiger partial charge in [-0.2, -0.15) is 0 Å². The molecule has 0 unspecified atom stereocenters. The number of ether oxygens (including phenoxy) is 2. The molecular formula is C21H23NO3. The lowest BCUT2D eigenvalue weighted by atomic mass is 9.84. The van der Waals surface area contributed by atoms with E-state index in [4.69, 9.17) is 9.47 Å². The summed E-state index contributed by atoms with van der Waals surface area (Å²) in [6.07, 6.45) is 1.88. The highest BCUT2D eigenvalue weighted by molar-refractivity contribution is 5.92. The van der Waals surface area contributed by atoms with Gasteiger partial charge in [0.25, 0.3) is 0 Å². The molecule has 0 amide bonds. The van der Waals surface area contributed by atoms with Gasteiger partial charge in [-0.1, -0.05) is 30.3 Å². The first-order valence-electron chi connectivity index (χ1n) is 8.48. The number of hydrogen-bond donors (Lipinski definition) is 1. The van der Waals surface area contributed by atoms with Gasteiger partial charge in [0.2, 0.25) is 0 Å². The van der Waals surface area contributed by atoms with Crippen LogP contribution in [0.15, 0.2) is 54.7 Å². The summed E-state index contributed by atoms with van der Waals surface area (Å²) in [6, 6.07) is 15.9. The Morgan fingerprint density at radius 3 is 2.60 bits per heavy atom. The Kier molecular flexibility index (Phi) is 4.79. The van der Waals surface area contributed by atoms with E-state index in [1.807, 2.05) is 75.5 Å². The smallest absolute Gasteiger partial charge is 0.316 e. The van der Waals surface area contributed by atoms with Crippen LogP contribution in [-0.2, 0) is 21.6 Å². The van der Waals surface area contributed by atoms with Crippen LogP contribution in [0, 0.1) is 0 Å². The molecule has 0 aliphatic heterocycles. The molecule has 3 rings (SSSR count). The van der Waals surface area contributed by atoms with E-state index in [-0.39, 0.29) is 5.97 Å². The lowest BCUT2D eigenvalue weighted by Gasteiger charge is -2.22. The topological polar surface area (TPSA) is 51.3 Å². The first-order chi connectivity index (χ1) is 12.0. The van der Waals surface area contributed by atoms with Crippen LogP contribution >= 0.6 is 0 Å². The third kappa shape index (κ3) is 3.53. The number of carbonyl (C=O) groups is 1. The third-order valence-corrected chi connectivity index (χ3v) is 4.36. The Bertz CT molecular complexity index is 865. The number of esters is 1. The monoisotopic (exact) mass is 337 g/mol. The zero-order valence-corrected chi connectivity index (χ0v) is 14.8. The van der Waals surface area contributed by atoms with Gasteiger partial charge in [0.05, 0.1) is 12.0 Å². The van der Waals surface area contributed by atoms with Crippen molar-refractivity contribution in [2.24, 2.45) is 0 Å². The fraction of sp³-hybridized carbons (Fsp3) is 0.286. The number of aromatic amines is 1. The van der Waals surface area contributed by atoms with Gasteiger partial charge in [-0.25, -0.2) is 0 Å². The minimum absolute atomic E-state index is 0.230. The normalized spacial score (nSPS) is 11.5. The van der Waals surface area contributed by atoms with Crippen LogP contribution in [0.3, 0.4) is 0 Å². The van der Waals surface area contributed by atoms with Crippen molar-refractivity contribution in [2.45, 2.75) is 32.8 Å². The van der Waals surface area contributed by atoms with E-state index in [0.29, 0.717) is 13.2 Å². The first-order valence-corrected chi connectivity index (χ1v) is 8.48. The predicted octanol–water partition coefficient (Wildman–Crippen LogP) is 4.59. The second kappa shape index (κ2) is 7.01. The molecule has 0 radical (unpaired) electrons. The molecule has 0 atom stereocenters. The molecule has 130 valence electrons. The van der Waals surface area contributed by atoms with Crippen molar-refractivity contribution in [1.29, 1.82) is 0 Å². The standard InChI is InChI=1S/C21H23NO3/c1-4-24-20(23)21(2,3)18-13-22-19-11-10-16(12-17(18)19)25-14-15-8-6-5-7-9-15/h5-13,22H,4,14H2,1-3H3. The molecule has 0 aliphatic carbocycles. The number of nitrogens with one attached hydrogen (secondary N) is 1. The number of hydrogen-bond acceptors (Lipinski definition) is 3. The summed E-state index contributed by atoms with van der Waals surface area (Å²) < 4.78 is 11.1. The second-order valence-electron chi connectivity index (χ2n) is 6.53. The minimum Gasteiger partial charge on any atom is -0.489 e. The number of carbonyl (C=O) groups excluding carboxylic acids is 1.